The van der Waals surface area contributed by atoms with Crippen LogP contribution in [-0.2, 0) is 23.1 Å². The maximum absolute atomic E-state index is 12.4. The fourth-order valence-electron chi connectivity index (χ4n) is 4.13. The molecule has 1 aliphatic rings. The Morgan fingerprint density at radius 1 is 1.21 bits per heavy atom. The van der Waals surface area contributed by atoms with Crippen LogP contribution in [0.5, 0.6) is 5.75 Å². The monoisotopic (exact) mass is 455 g/mol. The second-order valence-corrected chi connectivity index (χ2v) is 9.35. The molecule has 9 heteroatoms. The largest absolute Gasteiger partial charge is 0.490 e. The first-order valence-corrected chi connectivity index (χ1v) is 11.4. The number of carbonyl (C=O) groups excluding carboxylic acids is 1. The van der Waals surface area contributed by atoms with Crippen molar-refractivity contribution in [1.29, 1.82) is 0 Å². The Kier molecular flexibility index (Phi) is 6.34. The lowest BCUT2D eigenvalue weighted by Gasteiger charge is -2.33. The maximum atomic E-state index is 12.4. The van der Waals surface area contributed by atoms with E-state index in [9.17, 15) is 4.79 Å². The third-order valence-electron chi connectivity index (χ3n) is 5.73. The number of nitrogens with two attached hydrogens (primary N) is 1. The summed E-state index contributed by atoms with van der Waals surface area (Å²) in [6, 6.07) is 5.80. The lowest BCUT2D eigenvalue weighted by molar-refractivity contribution is 0.0128. The molecular weight excluding hydrogens is 422 g/mol. The van der Waals surface area contributed by atoms with Gasteiger partial charge in [0.1, 0.15) is 35.4 Å². The summed E-state index contributed by atoms with van der Waals surface area (Å²) in [5, 5.41) is 0.883. The van der Waals surface area contributed by atoms with Gasteiger partial charge in [-0.15, -0.1) is 0 Å². The fourth-order valence-corrected chi connectivity index (χ4v) is 4.13. The molecule has 3 heterocycles. The van der Waals surface area contributed by atoms with Crippen LogP contribution < -0.4 is 10.5 Å². The van der Waals surface area contributed by atoms with Crippen molar-refractivity contribution in [2.75, 3.05) is 25.4 Å². The zero-order valence-corrected chi connectivity index (χ0v) is 20.1. The molecule has 0 saturated carbocycles. The molecule has 0 aliphatic carbocycles. The summed E-state index contributed by atoms with van der Waals surface area (Å²) < 4.78 is 19.5. The molecule has 0 atom stereocenters. The van der Waals surface area contributed by atoms with Crippen molar-refractivity contribution in [2.45, 2.75) is 58.8 Å². The first-order chi connectivity index (χ1) is 15.7. The summed E-state index contributed by atoms with van der Waals surface area (Å²) >= 11 is 0. The van der Waals surface area contributed by atoms with Crippen LogP contribution in [0.3, 0.4) is 0 Å². The highest BCUT2D eigenvalue weighted by Gasteiger charge is 2.28. The number of ether oxygens (including phenoxy) is 3. The number of hydrogen-bond donors (Lipinski definition) is 1. The first kappa shape index (κ1) is 23.1. The number of aryl methyl sites for hydroxylation is 1. The van der Waals surface area contributed by atoms with Crippen molar-refractivity contribution in [3.8, 4) is 5.75 Å². The number of likely N-dealkylation sites (tertiary alicyclic amines) is 1. The Morgan fingerprint density at radius 3 is 2.61 bits per heavy atom. The van der Waals surface area contributed by atoms with Gasteiger partial charge in [0.2, 0.25) is 0 Å². The van der Waals surface area contributed by atoms with Gasteiger partial charge in [0.25, 0.3) is 0 Å². The van der Waals surface area contributed by atoms with Gasteiger partial charge in [-0.25, -0.2) is 14.8 Å². The highest BCUT2D eigenvalue weighted by molar-refractivity contribution is 6.09. The second-order valence-electron chi connectivity index (χ2n) is 9.35. The smallest absolute Gasteiger partial charge is 0.410 e. The van der Waals surface area contributed by atoms with Gasteiger partial charge in [-0.2, -0.15) is 0 Å². The van der Waals surface area contributed by atoms with Crippen LogP contribution in [0.1, 0.15) is 46.4 Å². The molecule has 0 unspecified atom stereocenters. The van der Waals surface area contributed by atoms with Gasteiger partial charge < -0.3 is 29.4 Å². The fraction of sp³-hybridized carbons (Fsp3) is 0.542. The lowest BCUT2D eigenvalue weighted by atomic mass is 10.1. The van der Waals surface area contributed by atoms with Crippen LogP contribution in [0.15, 0.2) is 18.2 Å². The van der Waals surface area contributed by atoms with Crippen LogP contribution in [0.2, 0.25) is 0 Å². The van der Waals surface area contributed by atoms with E-state index in [1.165, 1.54) is 0 Å². The van der Waals surface area contributed by atoms with E-state index in [0.29, 0.717) is 37.6 Å². The van der Waals surface area contributed by atoms with Crippen molar-refractivity contribution in [3.05, 3.63) is 24.0 Å². The molecule has 0 spiro atoms. The Bertz CT molecular complexity index is 1160. The molecule has 0 bridgehead atoms. The summed E-state index contributed by atoms with van der Waals surface area (Å²) in [5.41, 5.74) is 8.03. The van der Waals surface area contributed by atoms with Crippen LogP contribution in [0.4, 0.5) is 10.6 Å². The van der Waals surface area contributed by atoms with E-state index in [1.807, 2.05) is 57.5 Å². The molecule has 1 amide bonds. The SMILES string of the molecule is CCOCc1nc2c(N)nc3cccc(OC4CCN(C(=O)OC(C)(C)C)CC4)c3c2n1C. The zero-order chi connectivity index (χ0) is 23.8. The number of rotatable bonds is 5. The number of amides is 1. The summed E-state index contributed by atoms with van der Waals surface area (Å²) in [5.74, 6) is 1.92. The number of imidazole rings is 1. The first-order valence-electron chi connectivity index (χ1n) is 11.4. The average molecular weight is 456 g/mol. The summed E-state index contributed by atoms with van der Waals surface area (Å²) in [6.45, 7) is 9.77. The second kappa shape index (κ2) is 9.05. The molecule has 0 radical (unpaired) electrons. The molecule has 9 nitrogen and oxygen atoms in total. The number of hydrogen-bond acceptors (Lipinski definition) is 7. The quantitative estimate of drug-likeness (QED) is 0.619. The Balaban J connectivity index is 1.59. The van der Waals surface area contributed by atoms with Crippen molar-refractivity contribution in [1.82, 2.24) is 19.4 Å². The van der Waals surface area contributed by atoms with E-state index in [0.717, 1.165) is 40.8 Å². The number of piperidine rings is 1. The summed E-state index contributed by atoms with van der Waals surface area (Å²) in [6.07, 6.45) is 1.16. The van der Waals surface area contributed by atoms with Crippen LogP contribution >= 0.6 is 0 Å². The minimum Gasteiger partial charge on any atom is -0.490 e. The van der Waals surface area contributed by atoms with Gasteiger partial charge in [0.15, 0.2) is 5.82 Å². The Hall–Kier alpha value is -3.07. The number of carbonyl (C=O) groups is 1. The number of nitrogen functional groups attached to an aromatic ring is 1. The van der Waals surface area contributed by atoms with Crippen molar-refractivity contribution < 1.29 is 19.0 Å². The molecule has 3 aromatic rings. The number of aromatic nitrogens is 3. The Morgan fingerprint density at radius 2 is 1.94 bits per heavy atom. The molecule has 178 valence electrons. The van der Waals surface area contributed by atoms with Crippen molar-refractivity contribution >= 4 is 33.8 Å². The predicted octanol–water partition coefficient (Wildman–Crippen LogP) is 4.02. The van der Waals surface area contributed by atoms with E-state index in [4.69, 9.17) is 19.9 Å². The van der Waals surface area contributed by atoms with Gasteiger partial charge in [-0.3, -0.25) is 0 Å². The van der Waals surface area contributed by atoms with Crippen molar-refractivity contribution in [2.24, 2.45) is 7.05 Å². The molecule has 2 aromatic heterocycles. The molecule has 1 aliphatic heterocycles. The molecule has 1 fully saturated rings. The minimum absolute atomic E-state index is 0.0157. The van der Waals surface area contributed by atoms with Gasteiger partial charge in [-0.1, -0.05) is 6.07 Å². The summed E-state index contributed by atoms with van der Waals surface area (Å²) in [4.78, 5) is 23.4. The van der Waals surface area contributed by atoms with Gasteiger partial charge >= 0.3 is 6.09 Å². The normalized spacial score (nSPS) is 15.4. The number of pyridine rings is 1. The standard InChI is InChI=1S/C24H33N5O4/c1-6-31-14-18-27-20-21(28(18)5)19-16(26-22(20)25)8-7-9-17(19)32-15-10-12-29(13-11-15)23(30)33-24(2,3)4/h7-9,15H,6,10-14H2,1-5H3,(H2,25,26). The maximum Gasteiger partial charge on any atom is 0.410 e. The molecule has 1 aromatic carbocycles. The molecule has 2 N–H and O–H groups in total. The lowest BCUT2D eigenvalue weighted by Crippen LogP contribution is -2.44. The number of fused-ring (bicyclic) bond motifs is 3. The Labute approximate surface area is 193 Å². The third-order valence-corrected chi connectivity index (χ3v) is 5.73. The average Bonchev–Trinajstić information content (AvgIpc) is 3.08. The number of nitrogens with zero attached hydrogens (tertiary/aromatic N) is 4. The molecule has 4 rings (SSSR count). The predicted molar refractivity (Wildman–Crippen MR) is 127 cm³/mol. The minimum atomic E-state index is -0.502. The van der Waals surface area contributed by atoms with Gasteiger partial charge in [0.05, 0.1) is 16.4 Å². The van der Waals surface area contributed by atoms with E-state index in [-0.39, 0.29) is 12.2 Å². The molecular formula is C24H33N5O4. The summed E-state index contributed by atoms with van der Waals surface area (Å²) in [7, 11) is 1.96. The van der Waals surface area contributed by atoms with Crippen LogP contribution in [-0.4, -0.2) is 56.9 Å². The topological polar surface area (TPSA) is 105 Å². The van der Waals surface area contributed by atoms with Crippen LogP contribution in [0.25, 0.3) is 21.9 Å². The van der Waals surface area contributed by atoms with Gasteiger partial charge in [0, 0.05) is 39.6 Å². The van der Waals surface area contributed by atoms with E-state index in [2.05, 4.69) is 9.97 Å². The van der Waals surface area contributed by atoms with E-state index < -0.39 is 5.60 Å². The van der Waals surface area contributed by atoms with Crippen LogP contribution in [0, 0.1) is 0 Å². The zero-order valence-electron chi connectivity index (χ0n) is 20.1. The van der Waals surface area contributed by atoms with E-state index in [1.54, 1.807) is 4.90 Å². The van der Waals surface area contributed by atoms with E-state index >= 15 is 0 Å². The number of anilines is 1. The van der Waals surface area contributed by atoms with Crippen molar-refractivity contribution in [3.63, 3.8) is 0 Å². The number of benzene rings is 1. The highest BCUT2D eigenvalue weighted by atomic mass is 16.6. The molecule has 33 heavy (non-hydrogen) atoms. The van der Waals surface area contributed by atoms with Gasteiger partial charge in [-0.05, 0) is 39.8 Å². The third kappa shape index (κ3) is 4.83. The molecule has 1 saturated heterocycles. The highest BCUT2D eigenvalue weighted by Crippen LogP contribution is 2.35.